The predicted octanol–water partition coefficient (Wildman–Crippen LogP) is 4.44. The average Bonchev–Trinajstić information content (AvgIpc) is 3.18. The highest BCUT2D eigenvalue weighted by atomic mass is 79.9. The number of fused-ring (bicyclic) bond motifs is 2. The van der Waals surface area contributed by atoms with E-state index in [-0.39, 0.29) is 5.56 Å². The van der Waals surface area contributed by atoms with E-state index in [1.165, 1.54) is 11.8 Å². The Morgan fingerprint density at radius 1 is 1.09 bits per heavy atom. The van der Waals surface area contributed by atoms with Crippen LogP contribution in [-0.2, 0) is 6.54 Å². The van der Waals surface area contributed by atoms with E-state index >= 15 is 0 Å². The van der Waals surface area contributed by atoms with Gasteiger partial charge in [0.1, 0.15) is 5.82 Å². The Balaban J connectivity index is 1.35. The van der Waals surface area contributed by atoms with Gasteiger partial charge in [0.2, 0.25) is 5.16 Å². The van der Waals surface area contributed by atoms with Crippen LogP contribution in [0.5, 0.6) is 0 Å². The molecule has 0 atom stereocenters. The summed E-state index contributed by atoms with van der Waals surface area (Å²) in [5.41, 5.74) is 2.43. The number of para-hydroxylation sites is 1. The van der Waals surface area contributed by atoms with Gasteiger partial charge in [-0.2, -0.15) is 9.50 Å². The lowest BCUT2D eigenvalue weighted by Crippen LogP contribution is -2.21. The highest BCUT2D eigenvalue weighted by molar-refractivity contribution is 9.10. The van der Waals surface area contributed by atoms with Gasteiger partial charge in [0, 0.05) is 34.2 Å². The number of anilines is 2. The fourth-order valence-corrected chi connectivity index (χ4v) is 4.49. The third-order valence-electron chi connectivity index (χ3n) is 4.81. The highest BCUT2D eigenvalue weighted by Crippen LogP contribution is 2.23. The van der Waals surface area contributed by atoms with Crippen molar-refractivity contribution < 1.29 is 0 Å². The summed E-state index contributed by atoms with van der Waals surface area (Å²) < 4.78 is 4.30. The largest absolute Gasteiger partial charge is 0.340 e. The molecular weight excluding hydrogens is 490 g/mol. The van der Waals surface area contributed by atoms with Crippen molar-refractivity contribution in [3.05, 3.63) is 81.4 Å². The smallest absolute Gasteiger partial charge is 0.261 e. The first-order chi connectivity index (χ1) is 15.6. The molecule has 0 radical (unpaired) electrons. The van der Waals surface area contributed by atoms with Crippen molar-refractivity contribution in [3.63, 3.8) is 0 Å². The number of nitrogens with zero attached hydrogens (tertiary/aromatic N) is 6. The zero-order chi connectivity index (χ0) is 22.1. The van der Waals surface area contributed by atoms with Crippen LogP contribution in [-0.4, -0.2) is 34.9 Å². The summed E-state index contributed by atoms with van der Waals surface area (Å²) in [7, 11) is 0. The lowest BCUT2D eigenvalue weighted by atomic mass is 10.2. The fraction of sp³-hybridized carbons (Fsp3) is 0.136. The summed E-state index contributed by atoms with van der Waals surface area (Å²) in [6.45, 7) is 2.43. The van der Waals surface area contributed by atoms with E-state index in [2.05, 4.69) is 41.3 Å². The van der Waals surface area contributed by atoms with E-state index in [0.29, 0.717) is 34.1 Å². The number of rotatable bonds is 6. The first kappa shape index (κ1) is 20.7. The van der Waals surface area contributed by atoms with E-state index in [1.807, 2.05) is 55.5 Å². The van der Waals surface area contributed by atoms with Crippen molar-refractivity contribution in [1.29, 1.82) is 0 Å². The Bertz CT molecular complexity index is 1500. The number of thioether (sulfide) groups is 1. The van der Waals surface area contributed by atoms with Crippen LogP contribution < -0.4 is 10.9 Å². The second-order valence-corrected chi connectivity index (χ2v) is 9.11. The van der Waals surface area contributed by atoms with Gasteiger partial charge in [-0.25, -0.2) is 9.97 Å². The quantitative estimate of drug-likeness (QED) is 0.339. The molecule has 0 bridgehead atoms. The molecule has 0 spiro atoms. The first-order valence-electron chi connectivity index (χ1n) is 9.91. The van der Waals surface area contributed by atoms with Crippen LogP contribution in [0, 0.1) is 6.92 Å². The van der Waals surface area contributed by atoms with Gasteiger partial charge >= 0.3 is 0 Å². The highest BCUT2D eigenvalue weighted by Gasteiger charge is 2.11. The number of nitrogens with one attached hydrogen (secondary N) is 1. The minimum absolute atomic E-state index is 0.0445. The molecule has 3 heterocycles. The molecule has 0 aliphatic heterocycles. The topological polar surface area (TPSA) is 90.0 Å². The van der Waals surface area contributed by atoms with E-state index in [9.17, 15) is 4.79 Å². The third kappa shape index (κ3) is 4.23. The van der Waals surface area contributed by atoms with Crippen LogP contribution in [0.4, 0.5) is 11.5 Å². The molecule has 0 aliphatic carbocycles. The maximum atomic E-state index is 12.6. The molecular formula is C22H18BrN7OS. The molecule has 10 heteroatoms. The predicted molar refractivity (Wildman–Crippen MR) is 130 cm³/mol. The Hall–Kier alpha value is -3.24. The number of halogens is 1. The average molecular weight is 508 g/mol. The summed E-state index contributed by atoms with van der Waals surface area (Å²) >= 11 is 4.96. The number of hydrogen-bond acceptors (Lipinski definition) is 7. The fourth-order valence-electron chi connectivity index (χ4n) is 3.33. The Labute approximate surface area is 195 Å². The van der Waals surface area contributed by atoms with Gasteiger partial charge in [-0.3, -0.25) is 9.36 Å². The van der Waals surface area contributed by atoms with Gasteiger partial charge in [0.15, 0.2) is 0 Å². The summed E-state index contributed by atoms with van der Waals surface area (Å²) in [4.78, 5) is 26.1. The molecule has 1 N–H and O–H groups in total. The normalized spacial score (nSPS) is 11.3. The summed E-state index contributed by atoms with van der Waals surface area (Å²) in [5, 5.41) is 9.20. The van der Waals surface area contributed by atoms with Crippen molar-refractivity contribution in [2.24, 2.45) is 0 Å². The Morgan fingerprint density at radius 2 is 1.97 bits per heavy atom. The van der Waals surface area contributed by atoms with Crippen molar-refractivity contribution in [2.45, 2.75) is 18.6 Å². The lowest BCUT2D eigenvalue weighted by molar-refractivity contribution is 0.724. The zero-order valence-electron chi connectivity index (χ0n) is 17.1. The number of aromatic nitrogens is 6. The maximum Gasteiger partial charge on any atom is 0.261 e. The first-order valence-corrected chi connectivity index (χ1v) is 11.7. The second-order valence-electron chi connectivity index (χ2n) is 7.13. The van der Waals surface area contributed by atoms with E-state index in [1.54, 1.807) is 21.5 Å². The van der Waals surface area contributed by atoms with Crippen LogP contribution in [0.1, 0.15) is 5.69 Å². The Morgan fingerprint density at radius 3 is 2.84 bits per heavy atom. The molecule has 5 aromatic rings. The second kappa shape index (κ2) is 8.71. The van der Waals surface area contributed by atoms with Crippen molar-refractivity contribution in [2.75, 3.05) is 11.1 Å². The molecule has 3 aromatic heterocycles. The van der Waals surface area contributed by atoms with Crippen LogP contribution in [0.15, 0.2) is 75.3 Å². The standard InChI is InChI=1S/C22H18BrN7OS/c1-14-11-19(26-16-6-4-5-15(23)12-16)30-21(25-14)27-22(28-30)32-10-9-29-13-24-18-8-3-2-7-17(18)20(29)31/h2-8,11-13,26H,9-10H2,1H3. The molecule has 0 saturated heterocycles. The monoisotopic (exact) mass is 507 g/mol. The van der Waals surface area contributed by atoms with Crippen LogP contribution >= 0.6 is 27.7 Å². The third-order valence-corrected chi connectivity index (χ3v) is 6.12. The summed E-state index contributed by atoms with van der Waals surface area (Å²) in [6, 6.07) is 17.2. The molecule has 0 unspecified atom stereocenters. The van der Waals surface area contributed by atoms with Gasteiger partial charge in [0.25, 0.3) is 11.3 Å². The van der Waals surface area contributed by atoms with E-state index in [4.69, 9.17) is 0 Å². The number of aryl methyl sites for hydroxylation is 2. The molecule has 160 valence electrons. The van der Waals surface area contributed by atoms with Crippen molar-refractivity contribution in [1.82, 2.24) is 29.1 Å². The van der Waals surface area contributed by atoms with Crippen molar-refractivity contribution >= 4 is 55.9 Å². The SMILES string of the molecule is Cc1cc(Nc2cccc(Br)c2)n2nc(SCCn3cnc4ccccc4c3=O)nc2n1. The van der Waals surface area contributed by atoms with Crippen molar-refractivity contribution in [3.8, 4) is 0 Å². The van der Waals surface area contributed by atoms with Gasteiger partial charge in [-0.05, 0) is 37.3 Å². The van der Waals surface area contributed by atoms with Gasteiger partial charge in [-0.1, -0.05) is 45.9 Å². The molecule has 0 saturated carbocycles. The molecule has 5 rings (SSSR count). The van der Waals surface area contributed by atoms with Gasteiger partial charge in [-0.15, -0.1) is 5.10 Å². The number of benzene rings is 2. The van der Waals surface area contributed by atoms with Crippen LogP contribution in [0.3, 0.4) is 0 Å². The molecule has 8 nitrogen and oxygen atoms in total. The molecule has 0 amide bonds. The molecule has 2 aromatic carbocycles. The lowest BCUT2D eigenvalue weighted by Gasteiger charge is -2.08. The minimum atomic E-state index is -0.0445. The maximum absolute atomic E-state index is 12.6. The Kier molecular flexibility index (Phi) is 5.62. The molecule has 0 fully saturated rings. The molecule has 32 heavy (non-hydrogen) atoms. The summed E-state index contributed by atoms with van der Waals surface area (Å²) in [6.07, 6.45) is 1.59. The minimum Gasteiger partial charge on any atom is -0.340 e. The van der Waals surface area contributed by atoms with E-state index in [0.717, 1.165) is 21.7 Å². The summed E-state index contributed by atoms with van der Waals surface area (Å²) in [5.74, 6) is 1.93. The van der Waals surface area contributed by atoms with Crippen LogP contribution in [0.25, 0.3) is 16.7 Å². The van der Waals surface area contributed by atoms with Gasteiger partial charge in [0.05, 0.1) is 17.2 Å². The zero-order valence-corrected chi connectivity index (χ0v) is 19.5. The van der Waals surface area contributed by atoms with E-state index < -0.39 is 0 Å². The van der Waals surface area contributed by atoms with Gasteiger partial charge < -0.3 is 5.32 Å². The number of hydrogen-bond donors (Lipinski definition) is 1. The van der Waals surface area contributed by atoms with Crippen LogP contribution in [0.2, 0.25) is 0 Å². The molecule has 0 aliphatic rings.